The summed E-state index contributed by atoms with van der Waals surface area (Å²) in [7, 11) is 0. The molecule has 1 aliphatic carbocycles. The normalized spacial score (nSPS) is 24.2. The standard InChI is InChI=1S/C13H19NO4S/c1-13(2,3)18-12(17)14-9-5-8(9)10-4-7(6-19-10)11(15)16/h4,6,8-9,12,14,17H,5H2,1-3H3,(H,15,16). The van der Waals surface area contributed by atoms with Crippen molar-refractivity contribution in [2.24, 2.45) is 0 Å². The number of hydrogen-bond donors (Lipinski definition) is 3. The first-order valence-corrected chi connectivity index (χ1v) is 7.08. The number of aromatic carboxylic acids is 1. The summed E-state index contributed by atoms with van der Waals surface area (Å²) in [5.41, 5.74) is -0.0759. The van der Waals surface area contributed by atoms with E-state index in [1.807, 2.05) is 20.8 Å². The molecule has 106 valence electrons. The van der Waals surface area contributed by atoms with Crippen LogP contribution in [0.15, 0.2) is 11.4 Å². The first-order chi connectivity index (χ1) is 8.76. The van der Waals surface area contributed by atoms with Crippen LogP contribution < -0.4 is 5.32 Å². The zero-order valence-corrected chi connectivity index (χ0v) is 12.0. The third-order valence-electron chi connectivity index (χ3n) is 2.84. The summed E-state index contributed by atoms with van der Waals surface area (Å²) in [6.45, 7) is 5.63. The van der Waals surface area contributed by atoms with E-state index >= 15 is 0 Å². The number of aliphatic hydroxyl groups is 1. The third-order valence-corrected chi connectivity index (χ3v) is 3.91. The molecule has 0 radical (unpaired) electrons. The summed E-state index contributed by atoms with van der Waals surface area (Å²) in [4.78, 5) is 11.8. The van der Waals surface area contributed by atoms with Gasteiger partial charge in [0.2, 0.25) is 6.41 Å². The van der Waals surface area contributed by atoms with E-state index in [0.29, 0.717) is 5.56 Å². The Morgan fingerprint density at radius 1 is 1.58 bits per heavy atom. The van der Waals surface area contributed by atoms with Crippen molar-refractivity contribution in [3.8, 4) is 0 Å². The van der Waals surface area contributed by atoms with Crippen LogP contribution in [0.1, 0.15) is 48.3 Å². The van der Waals surface area contributed by atoms with E-state index in [4.69, 9.17) is 9.84 Å². The van der Waals surface area contributed by atoms with Crippen molar-refractivity contribution < 1.29 is 19.7 Å². The highest BCUT2D eigenvalue weighted by atomic mass is 32.1. The van der Waals surface area contributed by atoms with Crippen molar-refractivity contribution in [3.05, 3.63) is 21.9 Å². The van der Waals surface area contributed by atoms with Crippen LogP contribution in [0, 0.1) is 0 Å². The largest absolute Gasteiger partial charge is 0.478 e. The second-order valence-electron chi connectivity index (χ2n) is 5.74. The molecule has 3 atom stereocenters. The molecule has 0 saturated heterocycles. The molecular formula is C13H19NO4S. The third kappa shape index (κ3) is 4.01. The summed E-state index contributed by atoms with van der Waals surface area (Å²) in [5, 5.41) is 23.2. The van der Waals surface area contributed by atoms with Gasteiger partial charge < -0.3 is 14.9 Å². The van der Waals surface area contributed by atoms with Crippen LogP contribution in [0.25, 0.3) is 0 Å². The van der Waals surface area contributed by atoms with Gasteiger partial charge in [0.05, 0.1) is 11.2 Å². The van der Waals surface area contributed by atoms with Gasteiger partial charge in [-0.15, -0.1) is 11.3 Å². The minimum absolute atomic E-state index is 0.151. The molecule has 3 unspecified atom stereocenters. The predicted octanol–water partition coefficient (Wildman–Crippen LogP) is 1.98. The SMILES string of the molecule is CC(C)(C)OC(O)NC1CC1c1cc(C(=O)O)cs1. The van der Waals surface area contributed by atoms with Crippen molar-refractivity contribution >= 4 is 17.3 Å². The highest BCUT2D eigenvalue weighted by molar-refractivity contribution is 7.10. The highest BCUT2D eigenvalue weighted by Gasteiger charge is 2.41. The van der Waals surface area contributed by atoms with E-state index in [-0.39, 0.29) is 12.0 Å². The van der Waals surface area contributed by atoms with Gasteiger partial charge in [-0.2, -0.15) is 0 Å². The molecule has 0 bridgehead atoms. The summed E-state index contributed by atoms with van der Waals surface area (Å²) in [6, 6.07) is 1.86. The first kappa shape index (κ1) is 14.5. The lowest BCUT2D eigenvalue weighted by atomic mass is 10.2. The minimum Gasteiger partial charge on any atom is -0.478 e. The van der Waals surface area contributed by atoms with Crippen molar-refractivity contribution in [3.63, 3.8) is 0 Å². The van der Waals surface area contributed by atoms with Crippen molar-refractivity contribution in [2.75, 3.05) is 0 Å². The Bertz CT molecular complexity index is 465. The minimum atomic E-state index is -0.992. The van der Waals surface area contributed by atoms with Crippen LogP contribution in [0.3, 0.4) is 0 Å². The molecule has 2 rings (SSSR count). The van der Waals surface area contributed by atoms with Crippen LogP contribution in [0.2, 0.25) is 0 Å². The van der Waals surface area contributed by atoms with Gasteiger partial charge in [0, 0.05) is 22.2 Å². The van der Waals surface area contributed by atoms with Gasteiger partial charge in [0.25, 0.3) is 0 Å². The zero-order chi connectivity index (χ0) is 14.2. The Labute approximate surface area is 116 Å². The number of rotatable bonds is 5. The van der Waals surface area contributed by atoms with Gasteiger partial charge in [-0.05, 0) is 33.3 Å². The van der Waals surface area contributed by atoms with Gasteiger partial charge in [-0.25, -0.2) is 4.79 Å². The van der Waals surface area contributed by atoms with Gasteiger partial charge in [0.1, 0.15) is 0 Å². The molecule has 1 fully saturated rings. The average Bonchev–Trinajstić information content (AvgIpc) is 2.82. The number of nitrogens with one attached hydrogen (secondary N) is 1. The summed E-state index contributed by atoms with van der Waals surface area (Å²) in [6.07, 6.45) is -0.0988. The maximum absolute atomic E-state index is 10.8. The Balaban J connectivity index is 1.85. The fourth-order valence-corrected chi connectivity index (χ4v) is 2.97. The molecule has 0 amide bonds. The van der Waals surface area contributed by atoms with E-state index < -0.39 is 18.0 Å². The summed E-state index contributed by atoms with van der Waals surface area (Å²) < 4.78 is 5.37. The quantitative estimate of drug-likeness (QED) is 0.721. The van der Waals surface area contributed by atoms with E-state index in [1.54, 1.807) is 11.4 Å². The molecule has 5 nitrogen and oxygen atoms in total. The maximum Gasteiger partial charge on any atom is 0.336 e. The van der Waals surface area contributed by atoms with Crippen LogP contribution in [0.4, 0.5) is 0 Å². The molecule has 1 heterocycles. The second-order valence-corrected chi connectivity index (χ2v) is 6.68. The number of ether oxygens (including phenoxy) is 1. The Hall–Kier alpha value is -0.950. The lowest BCUT2D eigenvalue weighted by Gasteiger charge is -2.24. The van der Waals surface area contributed by atoms with E-state index in [2.05, 4.69) is 5.32 Å². The smallest absolute Gasteiger partial charge is 0.336 e. The number of carboxylic acids is 1. The summed E-state index contributed by atoms with van der Waals surface area (Å²) >= 11 is 1.45. The molecule has 19 heavy (non-hydrogen) atoms. The molecule has 0 aromatic carbocycles. The van der Waals surface area contributed by atoms with E-state index in [9.17, 15) is 9.90 Å². The van der Waals surface area contributed by atoms with Crippen LogP contribution >= 0.6 is 11.3 Å². The van der Waals surface area contributed by atoms with Gasteiger partial charge in [0.15, 0.2) is 0 Å². The van der Waals surface area contributed by atoms with E-state index in [1.165, 1.54) is 11.3 Å². The zero-order valence-electron chi connectivity index (χ0n) is 11.2. The maximum atomic E-state index is 10.8. The lowest BCUT2D eigenvalue weighted by molar-refractivity contribution is -0.182. The number of carboxylic acid groups (broad SMARTS) is 1. The molecule has 1 aliphatic rings. The van der Waals surface area contributed by atoms with Crippen LogP contribution in [-0.2, 0) is 4.74 Å². The molecule has 6 heteroatoms. The molecule has 1 aromatic heterocycles. The highest BCUT2D eigenvalue weighted by Crippen LogP contribution is 2.43. The van der Waals surface area contributed by atoms with Crippen molar-refractivity contribution in [1.82, 2.24) is 5.32 Å². The topological polar surface area (TPSA) is 78.8 Å². The second kappa shape index (κ2) is 5.20. The fraction of sp³-hybridized carbons (Fsp3) is 0.615. The average molecular weight is 285 g/mol. The summed E-state index contributed by atoms with van der Waals surface area (Å²) in [5.74, 6) is -0.625. The first-order valence-electron chi connectivity index (χ1n) is 6.20. The number of carbonyl (C=O) groups is 1. The molecule has 0 aliphatic heterocycles. The van der Waals surface area contributed by atoms with Gasteiger partial charge in [-0.1, -0.05) is 0 Å². The van der Waals surface area contributed by atoms with Crippen LogP contribution in [0.5, 0.6) is 0 Å². The number of hydrogen-bond acceptors (Lipinski definition) is 5. The van der Waals surface area contributed by atoms with Crippen molar-refractivity contribution in [2.45, 2.75) is 51.2 Å². The molecule has 3 N–H and O–H groups in total. The number of aliphatic hydroxyl groups excluding tert-OH is 1. The monoisotopic (exact) mass is 285 g/mol. The Morgan fingerprint density at radius 2 is 2.26 bits per heavy atom. The van der Waals surface area contributed by atoms with Gasteiger partial charge in [-0.3, -0.25) is 5.32 Å². The Kier molecular flexibility index (Phi) is 3.96. The van der Waals surface area contributed by atoms with E-state index in [0.717, 1.165) is 11.3 Å². The van der Waals surface area contributed by atoms with Gasteiger partial charge >= 0.3 is 5.97 Å². The van der Waals surface area contributed by atoms with Crippen LogP contribution in [-0.4, -0.2) is 34.2 Å². The van der Waals surface area contributed by atoms with Crippen molar-refractivity contribution in [1.29, 1.82) is 0 Å². The number of thiophene rings is 1. The predicted molar refractivity (Wildman–Crippen MR) is 72.4 cm³/mol. The molecular weight excluding hydrogens is 266 g/mol. The lowest BCUT2D eigenvalue weighted by Crippen LogP contribution is -2.39. The molecule has 1 aromatic rings. The Morgan fingerprint density at radius 3 is 2.79 bits per heavy atom. The molecule has 1 saturated carbocycles. The fourth-order valence-electron chi connectivity index (χ4n) is 1.91. The molecule has 0 spiro atoms.